The van der Waals surface area contributed by atoms with E-state index in [1.54, 1.807) is 13.3 Å². The predicted molar refractivity (Wildman–Crippen MR) is 143 cm³/mol. The quantitative estimate of drug-likeness (QED) is 0.409. The first-order valence-electron chi connectivity index (χ1n) is 12.8. The van der Waals surface area contributed by atoms with Crippen LogP contribution in [0.1, 0.15) is 63.0 Å². The predicted octanol–water partition coefficient (Wildman–Crippen LogP) is 5.80. The molecule has 0 radical (unpaired) electrons. The van der Waals surface area contributed by atoms with Crippen LogP contribution in [-0.2, 0) is 4.79 Å². The van der Waals surface area contributed by atoms with Gasteiger partial charge in [-0.2, -0.15) is 11.8 Å². The van der Waals surface area contributed by atoms with Crippen molar-refractivity contribution in [1.29, 1.82) is 0 Å². The van der Waals surface area contributed by atoms with Crippen molar-refractivity contribution in [2.24, 2.45) is 11.8 Å². The summed E-state index contributed by atoms with van der Waals surface area (Å²) < 4.78 is 5.34. The van der Waals surface area contributed by atoms with Gasteiger partial charge in [0, 0.05) is 41.2 Å². The number of aromatic nitrogens is 1. The molecule has 2 aromatic rings. The molecule has 35 heavy (non-hydrogen) atoms. The number of carboxylic acids is 1. The van der Waals surface area contributed by atoms with Gasteiger partial charge in [-0.1, -0.05) is 30.9 Å². The van der Waals surface area contributed by atoms with Crippen LogP contribution >= 0.6 is 23.4 Å². The van der Waals surface area contributed by atoms with Crippen molar-refractivity contribution in [3.05, 3.63) is 35.0 Å². The number of pyridine rings is 1. The zero-order chi connectivity index (χ0) is 24.8. The summed E-state index contributed by atoms with van der Waals surface area (Å²) in [7, 11) is 1.60. The number of carbonyl (C=O) groups is 1. The van der Waals surface area contributed by atoms with Crippen molar-refractivity contribution >= 4 is 40.2 Å². The highest BCUT2D eigenvalue weighted by Crippen LogP contribution is 2.37. The molecule has 2 N–H and O–H groups in total. The van der Waals surface area contributed by atoms with Gasteiger partial charge in [0.25, 0.3) is 0 Å². The molecule has 2 aliphatic rings. The third-order valence-electron chi connectivity index (χ3n) is 7.68. The van der Waals surface area contributed by atoms with E-state index in [1.165, 1.54) is 32.1 Å². The summed E-state index contributed by atoms with van der Waals surface area (Å²) in [6.45, 7) is 2.48. The molecule has 3 atom stereocenters. The summed E-state index contributed by atoms with van der Waals surface area (Å²) in [5.41, 5.74) is 1.38. The molecule has 1 saturated heterocycles. The van der Waals surface area contributed by atoms with E-state index in [-0.39, 0.29) is 5.92 Å². The molecule has 1 aliphatic carbocycles. The molecule has 0 spiro atoms. The topological polar surface area (TPSA) is 82.9 Å². The first-order valence-corrected chi connectivity index (χ1v) is 14.3. The highest BCUT2D eigenvalue weighted by molar-refractivity contribution is 7.99. The normalized spacial score (nSPS) is 22.8. The van der Waals surface area contributed by atoms with Crippen molar-refractivity contribution in [1.82, 2.24) is 9.88 Å². The lowest BCUT2D eigenvalue weighted by atomic mass is 9.81. The molecular formula is C27H37ClN2O4S. The highest BCUT2D eigenvalue weighted by Gasteiger charge is 2.34. The van der Waals surface area contributed by atoms with E-state index in [2.05, 4.69) is 21.6 Å². The minimum absolute atomic E-state index is 0.0470. The summed E-state index contributed by atoms with van der Waals surface area (Å²) in [6, 6.07) is 5.53. The fraction of sp³-hybridized carbons (Fsp3) is 0.630. The van der Waals surface area contributed by atoms with Gasteiger partial charge in [-0.05, 0) is 62.8 Å². The smallest absolute Gasteiger partial charge is 0.308 e. The van der Waals surface area contributed by atoms with E-state index in [4.69, 9.17) is 16.3 Å². The Morgan fingerprint density at radius 3 is 2.83 bits per heavy atom. The van der Waals surface area contributed by atoms with Crippen LogP contribution in [0.4, 0.5) is 0 Å². The summed E-state index contributed by atoms with van der Waals surface area (Å²) in [5.74, 6) is 0.671. The minimum Gasteiger partial charge on any atom is -0.497 e. The Kier molecular flexibility index (Phi) is 9.56. The molecule has 2 unspecified atom stereocenters. The van der Waals surface area contributed by atoms with Crippen molar-refractivity contribution in [3.63, 3.8) is 0 Å². The average Bonchev–Trinajstić information content (AvgIpc) is 2.87. The second kappa shape index (κ2) is 12.6. The third kappa shape index (κ3) is 6.82. The van der Waals surface area contributed by atoms with E-state index in [0.29, 0.717) is 35.7 Å². The van der Waals surface area contributed by atoms with Crippen LogP contribution in [0.2, 0.25) is 5.02 Å². The van der Waals surface area contributed by atoms with E-state index in [0.717, 1.165) is 41.4 Å². The second-order valence-electron chi connectivity index (χ2n) is 9.92. The Labute approximate surface area is 217 Å². The Morgan fingerprint density at radius 2 is 2.09 bits per heavy atom. The van der Waals surface area contributed by atoms with Gasteiger partial charge in [0.15, 0.2) is 0 Å². The van der Waals surface area contributed by atoms with Gasteiger partial charge in [0.05, 0.1) is 29.7 Å². The molecule has 1 aromatic carbocycles. The average molecular weight is 521 g/mol. The van der Waals surface area contributed by atoms with Gasteiger partial charge in [0.2, 0.25) is 0 Å². The zero-order valence-electron chi connectivity index (χ0n) is 20.5. The van der Waals surface area contributed by atoms with Crippen molar-refractivity contribution in [2.45, 2.75) is 62.7 Å². The Bertz CT molecular complexity index is 1000. The molecule has 192 valence electrons. The maximum atomic E-state index is 12.1. The van der Waals surface area contributed by atoms with E-state index < -0.39 is 18.0 Å². The monoisotopic (exact) mass is 520 g/mol. The minimum atomic E-state index is -0.792. The number of aliphatic carboxylic acids is 1. The van der Waals surface area contributed by atoms with Crippen LogP contribution in [0.25, 0.3) is 10.9 Å². The van der Waals surface area contributed by atoms with Gasteiger partial charge in [0.1, 0.15) is 5.75 Å². The molecule has 0 amide bonds. The molecule has 4 rings (SSSR count). The number of rotatable bonds is 10. The maximum Gasteiger partial charge on any atom is 0.308 e. The number of benzene rings is 1. The van der Waals surface area contributed by atoms with Crippen molar-refractivity contribution in [2.75, 3.05) is 32.5 Å². The number of methoxy groups -OCH3 is 1. The van der Waals surface area contributed by atoms with Crippen LogP contribution < -0.4 is 4.74 Å². The third-order valence-corrected chi connectivity index (χ3v) is 9.35. The lowest BCUT2D eigenvalue weighted by Gasteiger charge is -2.37. The fourth-order valence-electron chi connectivity index (χ4n) is 5.63. The number of aliphatic hydroxyl groups excluding tert-OH is 1. The Balaban J connectivity index is 1.34. The summed E-state index contributed by atoms with van der Waals surface area (Å²) in [4.78, 5) is 18.8. The fourth-order valence-corrected chi connectivity index (χ4v) is 7.27. The molecule has 2 fully saturated rings. The standard InChI is InChI=1S/C27H37ClN2O4S/c1-34-19-8-9-24-21(15-19)26(23(28)16-29-24)25(31)10-7-18-11-12-30(17-22(18)27(32)33)13-14-35-20-5-3-2-4-6-20/h8-9,15-16,18,20,22,25,31H,2-7,10-14,17H2,1H3,(H,32,33)/t18?,22?,25-/m1/s1. The lowest BCUT2D eigenvalue weighted by Crippen LogP contribution is -2.44. The molecule has 6 nitrogen and oxygen atoms in total. The molecule has 1 aromatic heterocycles. The molecular weight excluding hydrogens is 484 g/mol. The van der Waals surface area contributed by atoms with Crippen LogP contribution in [0.5, 0.6) is 5.75 Å². The molecule has 1 aliphatic heterocycles. The molecule has 1 saturated carbocycles. The summed E-state index contributed by atoms with van der Waals surface area (Å²) in [5, 5.41) is 23.0. The van der Waals surface area contributed by atoms with Gasteiger partial charge in [-0.25, -0.2) is 0 Å². The van der Waals surface area contributed by atoms with Gasteiger partial charge in [-0.3, -0.25) is 9.78 Å². The van der Waals surface area contributed by atoms with E-state index >= 15 is 0 Å². The number of aliphatic hydroxyl groups is 1. The van der Waals surface area contributed by atoms with E-state index in [1.807, 2.05) is 18.2 Å². The molecule has 8 heteroatoms. The number of ether oxygens (including phenoxy) is 1. The van der Waals surface area contributed by atoms with Gasteiger partial charge in [-0.15, -0.1) is 0 Å². The number of likely N-dealkylation sites (tertiary alicyclic amines) is 1. The number of hydrogen-bond donors (Lipinski definition) is 2. The van der Waals surface area contributed by atoms with Crippen molar-refractivity contribution < 1.29 is 19.7 Å². The number of hydrogen-bond acceptors (Lipinski definition) is 6. The number of halogens is 1. The first-order chi connectivity index (χ1) is 17.0. The number of carboxylic acid groups (broad SMARTS) is 1. The van der Waals surface area contributed by atoms with Crippen molar-refractivity contribution in [3.8, 4) is 5.75 Å². The number of fused-ring (bicyclic) bond motifs is 1. The maximum absolute atomic E-state index is 12.1. The molecule has 2 heterocycles. The molecule has 0 bridgehead atoms. The van der Waals surface area contributed by atoms with Crippen LogP contribution in [0.3, 0.4) is 0 Å². The Hall–Kier alpha value is -1.54. The Morgan fingerprint density at radius 1 is 1.29 bits per heavy atom. The largest absolute Gasteiger partial charge is 0.497 e. The summed E-state index contributed by atoms with van der Waals surface area (Å²) in [6.07, 6.45) is 9.46. The number of thioether (sulfide) groups is 1. The number of piperidine rings is 1. The second-order valence-corrected chi connectivity index (χ2v) is 11.7. The van der Waals surface area contributed by atoms with E-state index in [9.17, 15) is 15.0 Å². The van der Waals surface area contributed by atoms with Crippen LogP contribution in [0, 0.1) is 11.8 Å². The van der Waals surface area contributed by atoms with Gasteiger partial charge < -0.3 is 19.8 Å². The van der Waals surface area contributed by atoms with Crippen LogP contribution in [-0.4, -0.2) is 63.8 Å². The zero-order valence-corrected chi connectivity index (χ0v) is 22.1. The lowest BCUT2D eigenvalue weighted by molar-refractivity contribution is -0.146. The number of nitrogens with zero attached hydrogens (tertiary/aromatic N) is 2. The van der Waals surface area contributed by atoms with Gasteiger partial charge >= 0.3 is 5.97 Å². The first kappa shape index (κ1) is 26.5. The SMILES string of the molecule is COc1ccc2ncc(Cl)c([C@H](O)CCC3CCN(CCSC4CCCCC4)CC3C(=O)O)c2c1. The summed E-state index contributed by atoms with van der Waals surface area (Å²) >= 11 is 8.52. The highest BCUT2D eigenvalue weighted by atomic mass is 35.5. The van der Waals surface area contributed by atoms with Crippen LogP contribution in [0.15, 0.2) is 24.4 Å².